The maximum atomic E-state index is 11.7. The molecular formula is C13H10N2OS. The Labute approximate surface area is 104 Å². The highest BCUT2D eigenvalue weighted by molar-refractivity contribution is 7.08. The van der Waals surface area contributed by atoms with Crippen LogP contribution in [0.4, 0.5) is 11.4 Å². The highest BCUT2D eigenvalue weighted by Gasteiger charge is 2.13. The number of hydrogen-bond donors (Lipinski definition) is 0. The molecular weight excluding hydrogens is 232 g/mol. The number of nitrogens with zero attached hydrogens (tertiary/aromatic N) is 2. The molecule has 1 aromatic heterocycles. The summed E-state index contributed by atoms with van der Waals surface area (Å²) in [5.41, 5.74) is 2.21. The minimum Gasteiger partial charge on any atom is -0.280 e. The van der Waals surface area contributed by atoms with Gasteiger partial charge < -0.3 is 0 Å². The number of nitriles is 1. The van der Waals surface area contributed by atoms with Gasteiger partial charge in [-0.25, -0.2) is 0 Å². The summed E-state index contributed by atoms with van der Waals surface area (Å²) in [6.45, 7) is 1.52. The Balaban J connectivity index is 2.40. The van der Waals surface area contributed by atoms with Crippen LogP contribution in [0.1, 0.15) is 12.5 Å². The molecule has 0 spiro atoms. The van der Waals surface area contributed by atoms with E-state index >= 15 is 0 Å². The summed E-state index contributed by atoms with van der Waals surface area (Å²) >= 11 is 1.54. The van der Waals surface area contributed by atoms with Crippen LogP contribution in [0.2, 0.25) is 0 Å². The molecule has 4 heteroatoms. The molecule has 1 heterocycles. The fraction of sp³-hybridized carbons (Fsp3) is 0.0769. The first-order chi connectivity index (χ1) is 8.22. The van der Waals surface area contributed by atoms with E-state index in [0.29, 0.717) is 5.56 Å². The smallest absolute Gasteiger partial charge is 0.228 e. The molecule has 0 aliphatic heterocycles. The van der Waals surface area contributed by atoms with Crippen molar-refractivity contribution in [2.45, 2.75) is 6.92 Å². The average molecular weight is 242 g/mol. The summed E-state index contributed by atoms with van der Waals surface area (Å²) in [7, 11) is 0. The molecule has 1 aromatic carbocycles. The minimum absolute atomic E-state index is 0.0480. The molecule has 0 radical (unpaired) electrons. The van der Waals surface area contributed by atoms with Crippen molar-refractivity contribution >= 4 is 28.6 Å². The van der Waals surface area contributed by atoms with E-state index in [2.05, 4.69) is 6.07 Å². The van der Waals surface area contributed by atoms with Crippen LogP contribution < -0.4 is 4.90 Å². The highest BCUT2D eigenvalue weighted by atomic mass is 32.1. The van der Waals surface area contributed by atoms with Crippen molar-refractivity contribution in [3.8, 4) is 6.07 Å². The van der Waals surface area contributed by atoms with Crippen LogP contribution >= 0.6 is 11.3 Å². The van der Waals surface area contributed by atoms with Gasteiger partial charge in [0.15, 0.2) is 0 Å². The molecule has 0 unspecified atom stereocenters. The molecule has 0 saturated carbocycles. The maximum absolute atomic E-state index is 11.7. The lowest BCUT2D eigenvalue weighted by Gasteiger charge is -2.19. The second-order valence-electron chi connectivity index (χ2n) is 3.49. The molecule has 2 aromatic rings. The summed E-state index contributed by atoms with van der Waals surface area (Å²) < 4.78 is 0. The van der Waals surface area contributed by atoms with Gasteiger partial charge in [0.1, 0.15) is 0 Å². The largest absolute Gasteiger partial charge is 0.280 e. The molecule has 0 fully saturated rings. The first kappa shape index (κ1) is 11.4. The van der Waals surface area contributed by atoms with Crippen molar-refractivity contribution in [3.63, 3.8) is 0 Å². The van der Waals surface area contributed by atoms with E-state index < -0.39 is 0 Å². The van der Waals surface area contributed by atoms with Crippen molar-refractivity contribution in [3.05, 3.63) is 46.7 Å². The van der Waals surface area contributed by atoms with Crippen LogP contribution in [0.5, 0.6) is 0 Å². The Morgan fingerprint density at radius 2 is 1.94 bits per heavy atom. The van der Waals surface area contributed by atoms with Gasteiger partial charge in [0.25, 0.3) is 0 Å². The predicted molar refractivity (Wildman–Crippen MR) is 68.3 cm³/mol. The van der Waals surface area contributed by atoms with Gasteiger partial charge in [0, 0.05) is 18.0 Å². The van der Waals surface area contributed by atoms with Gasteiger partial charge in [-0.2, -0.15) is 16.6 Å². The lowest BCUT2D eigenvalue weighted by atomic mass is 10.2. The molecule has 17 heavy (non-hydrogen) atoms. The lowest BCUT2D eigenvalue weighted by Crippen LogP contribution is -2.21. The number of thiophene rings is 1. The second-order valence-corrected chi connectivity index (χ2v) is 4.27. The van der Waals surface area contributed by atoms with Crippen LogP contribution in [0.3, 0.4) is 0 Å². The molecule has 84 valence electrons. The average Bonchev–Trinajstić information content (AvgIpc) is 2.83. The number of benzene rings is 1. The van der Waals surface area contributed by atoms with Gasteiger partial charge in [0.05, 0.1) is 17.3 Å². The first-order valence-electron chi connectivity index (χ1n) is 5.05. The van der Waals surface area contributed by atoms with E-state index in [0.717, 1.165) is 11.4 Å². The van der Waals surface area contributed by atoms with Crippen molar-refractivity contribution in [2.75, 3.05) is 4.90 Å². The maximum Gasteiger partial charge on any atom is 0.228 e. The van der Waals surface area contributed by atoms with Crippen LogP contribution in [-0.2, 0) is 4.79 Å². The molecule has 0 aliphatic rings. The van der Waals surface area contributed by atoms with Gasteiger partial charge in [-0.15, -0.1) is 0 Å². The third-order valence-electron chi connectivity index (χ3n) is 2.33. The Morgan fingerprint density at radius 1 is 1.24 bits per heavy atom. The number of carbonyl (C=O) groups excluding carboxylic acids is 1. The summed E-state index contributed by atoms with van der Waals surface area (Å²) in [4.78, 5) is 13.3. The van der Waals surface area contributed by atoms with Crippen LogP contribution in [0, 0.1) is 11.3 Å². The first-order valence-corrected chi connectivity index (χ1v) is 5.99. The van der Waals surface area contributed by atoms with Crippen LogP contribution in [-0.4, -0.2) is 5.91 Å². The van der Waals surface area contributed by atoms with Crippen LogP contribution in [0.25, 0.3) is 0 Å². The number of hydrogen-bond acceptors (Lipinski definition) is 3. The van der Waals surface area contributed by atoms with E-state index in [-0.39, 0.29) is 5.91 Å². The van der Waals surface area contributed by atoms with Gasteiger partial charge >= 0.3 is 0 Å². The predicted octanol–water partition coefficient (Wildman–Crippen LogP) is 3.30. The topological polar surface area (TPSA) is 44.1 Å². The Morgan fingerprint density at radius 3 is 2.41 bits per heavy atom. The standard InChI is InChI=1S/C13H10N2OS/c1-10(16)15(13-6-7-17-9-13)12-4-2-11(8-14)3-5-12/h2-7,9H,1H3. The van der Waals surface area contributed by atoms with Gasteiger partial charge in [-0.1, -0.05) is 0 Å². The third-order valence-corrected chi connectivity index (χ3v) is 3.00. The quantitative estimate of drug-likeness (QED) is 0.811. The number of amides is 1. The van der Waals surface area contributed by atoms with Gasteiger partial charge in [0.2, 0.25) is 5.91 Å². The fourth-order valence-electron chi connectivity index (χ4n) is 1.58. The number of carbonyl (C=O) groups is 1. The molecule has 0 aliphatic carbocycles. The number of anilines is 2. The molecule has 2 rings (SSSR count). The van der Waals surface area contributed by atoms with Gasteiger partial charge in [-0.05, 0) is 35.7 Å². The summed E-state index contributed by atoms with van der Waals surface area (Å²) in [5, 5.41) is 12.6. The van der Waals surface area contributed by atoms with Crippen molar-refractivity contribution in [1.29, 1.82) is 5.26 Å². The lowest BCUT2D eigenvalue weighted by molar-refractivity contribution is -0.115. The minimum atomic E-state index is -0.0480. The zero-order chi connectivity index (χ0) is 12.3. The molecule has 0 saturated heterocycles. The Bertz CT molecular complexity index is 552. The molecule has 3 nitrogen and oxygen atoms in total. The summed E-state index contributed by atoms with van der Waals surface area (Å²) in [5.74, 6) is -0.0480. The van der Waals surface area contributed by atoms with E-state index in [9.17, 15) is 4.79 Å². The Kier molecular flexibility index (Phi) is 3.22. The van der Waals surface area contributed by atoms with E-state index in [4.69, 9.17) is 5.26 Å². The summed E-state index contributed by atoms with van der Waals surface area (Å²) in [6, 6.07) is 10.9. The second kappa shape index (κ2) is 4.81. The number of rotatable bonds is 2. The van der Waals surface area contributed by atoms with Crippen molar-refractivity contribution in [2.24, 2.45) is 0 Å². The van der Waals surface area contributed by atoms with Crippen molar-refractivity contribution < 1.29 is 4.79 Å². The highest BCUT2D eigenvalue weighted by Crippen LogP contribution is 2.27. The summed E-state index contributed by atoms with van der Waals surface area (Å²) in [6.07, 6.45) is 0. The molecule has 0 atom stereocenters. The van der Waals surface area contributed by atoms with Crippen LogP contribution in [0.15, 0.2) is 41.1 Å². The van der Waals surface area contributed by atoms with Gasteiger partial charge in [-0.3, -0.25) is 9.69 Å². The molecule has 0 bridgehead atoms. The normalized spacial score (nSPS) is 9.65. The zero-order valence-electron chi connectivity index (χ0n) is 9.25. The Hall–Kier alpha value is -2.12. The van der Waals surface area contributed by atoms with E-state index in [1.807, 2.05) is 16.8 Å². The zero-order valence-corrected chi connectivity index (χ0v) is 10.1. The fourth-order valence-corrected chi connectivity index (χ4v) is 2.20. The van der Waals surface area contributed by atoms with E-state index in [1.165, 1.54) is 6.92 Å². The van der Waals surface area contributed by atoms with Crippen molar-refractivity contribution in [1.82, 2.24) is 0 Å². The molecule has 0 N–H and O–H groups in total. The SMILES string of the molecule is CC(=O)N(c1ccc(C#N)cc1)c1ccsc1. The van der Waals surface area contributed by atoms with E-state index in [1.54, 1.807) is 40.5 Å². The molecule has 1 amide bonds. The monoisotopic (exact) mass is 242 g/mol. The third kappa shape index (κ3) is 2.35.